The van der Waals surface area contributed by atoms with Crippen LogP contribution in [0.25, 0.3) is 10.3 Å². The van der Waals surface area contributed by atoms with Crippen molar-refractivity contribution in [3.63, 3.8) is 0 Å². The second kappa shape index (κ2) is 2.43. The van der Waals surface area contributed by atoms with E-state index in [1.54, 1.807) is 11.3 Å². The predicted octanol–water partition coefficient (Wildman–Crippen LogP) is 2.30. The fraction of sp³-hybridized carbons (Fsp3) is 0. The highest BCUT2D eigenvalue weighted by atomic mass is 127. The van der Waals surface area contributed by atoms with E-state index < -0.39 is 0 Å². The third kappa shape index (κ3) is 1.01. The molecule has 0 spiro atoms. The van der Waals surface area contributed by atoms with Crippen LogP contribution >= 0.6 is 33.9 Å². The summed E-state index contributed by atoms with van der Waals surface area (Å²) in [7, 11) is 0. The predicted molar refractivity (Wildman–Crippen MR) is 50.1 cm³/mol. The maximum absolute atomic E-state index is 4.22. The van der Waals surface area contributed by atoms with Gasteiger partial charge >= 0.3 is 0 Å². The van der Waals surface area contributed by atoms with Crippen molar-refractivity contribution >= 4 is 44.3 Å². The van der Waals surface area contributed by atoms with Gasteiger partial charge in [-0.1, -0.05) is 0 Å². The Hall–Kier alpha value is -0.230. The molecule has 4 heteroatoms. The van der Waals surface area contributed by atoms with Crippen LogP contribution in [0.15, 0.2) is 17.6 Å². The number of halogens is 1. The first-order chi connectivity index (χ1) is 4.86. The summed E-state index contributed by atoms with van der Waals surface area (Å²) in [6, 6.07) is 4.03. The second-order valence-electron chi connectivity index (χ2n) is 1.81. The lowest BCUT2D eigenvalue weighted by Crippen LogP contribution is -1.78. The zero-order valence-electron chi connectivity index (χ0n) is 4.91. The van der Waals surface area contributed by atoms with Gasteiger partial charge in [0.2, 0.25) is 0 Å². The topological polar surface area (TPSA) is 25.8 Å². The van der Waals surface area contributed by atoms with E-state index in [9.17, 15) is 0 Å². The second-order valence-corrected chi connectivity index (χ2v) is 3.80. The minimum absolute atomic E-state index is 0.858. The van der Waals surface area contributed by atoms with Gasteiger partial charge in [0, 0.05) is 0 Å². The average Bonchev–Trinajstić information content (AvgIpc) is 2.33. The molecule has 50 valence electrons. The van der Waals surface area contributed by atoms with Crippen LogP contribution in [0.2, 0.25) is 0 Å². The molecule has 0 aliphatic carbocycles. The summed E-state index contributed by atoms with van der Waals surface area (Å²) in [4.78, 5) is 8.30. The Morgan fingerprint density at radius 3 is 3.20 bits per heavy atom. The highest BCUT2D eigenvalue weighted by Gasteiger charge is 1.95. The van der Waals surface area contributed by atoms with Crippen LogP contribution in [-0.4, -0.2) is 9.97 Å². The molecule has 0 amide bonds. The molecule has 0 fully saturated rings. The lowest BCUT2D eigenvalue weighted by atomic mass is 10.5. The number of aromatic nitrogens is 2. The molecule has 0 saturated carbocycles. The monoisotopic (exact) mass is 262 g/mol. The largest absolute Gasteiger partial charge is 0.225 e. The first-order valence-electron chi connectivity index (χ1n) is 2.72. The van der Waals surface area contributed by atoms with Gasteiger partial charge in [-0.15, -0.1) is 11.3 Å². The molecule has 0 saturated heterocycles. The molecule has 2 aromatic rings. The van der Waals surface area contributed by atoms with Crippen molar-refractivity contribution in [1.29, 1.82) is 0 Å². The third-order valence-corrected chi connectivity index (χ3v) is 2.54. The number of hydrogen-bond acceptors (Lipinski definition) is 3. The normalized spacial score (nSPS) is 10.5. The quantitative estimate of drug-likeness (QED) is 0.537. The van der Waals surface area contributed by atoms with E-state index in [-0.39, 0.29) is 0 Å². The Balaban J connectivity index is 2.86. The third-order valence-electron chi connectivity index (χ3n) is 1.16. The molecule has 0 radical (unpaired) electrons. The number of nitrogens with zero attached hydrogens (tertiary/aromatic N) is 2. The van der Waals surface area contributed by atoms with E-state index in [4.69, 9.17) is 0 Å². The number of rotatable bonds is 0. The molecule has 0 aromatic carbocycles. The Bertz CT molecular complexity index is 357. The van der Waals surface area contributed by atoms with E-state index in [0.717, 1.165) is 14.0 Å². The highest BCUT2D eigenvalue weighted by molar-refractivity contribution is 14.1. The van der Waals surface area contributed by atoms with E-state index in [1.165, 1.54) is 0 Å². The number of hydrogen-bond donors (Lipinski definition) is 0. The zero-order valence-corrected chi connectivity index (χ0v) is 7.89. The molecular weight excluding hydrogens is 259 g/mol. The van der Waals surface area contributed by atoms with E-state index >= 15 is 0 Å². The molecule has 0 atom stereocenters. The Morgan fingerprint density at radius 1 is 1.40 bits per heavy atom. The van der Waals surface area contributed by atoms with Crippen LogP contribution in [-0.2, 0) is 0 Å². The van der Waals surface area contributed by atoms with E-state index in [2.05, 4.69) is 32.6 Å². The summed E-state index contributed by atoms with van der Waals surface area (Å²) < 4.78 is 2.15. The maximum Gasteiger partial charge on any atom is 0.171 e. The smallest absolute Gasteiger partial charge is 0.171 e. The number of thiazole rings is 1. The van der Waals surface area contributed by atoms with Crippen molar-refractivity contribution < 1.29 is 0 Å². The van der Waals surface area contributed by atoms with Gasteiger partial charge in [-0.3, -0.25) is 0 Å². The summed E-state index contributed by atoms with van der Waals surface area (Å²) in [6.45, 7) is 0. The zero-order chi connectivity index (χ0) is 6.97. The summed E-state index contributed by atoms with van der Waals surface area (Å²) in [5, 5.41) is 0. The summed E-state index contributed by atoms with van der Waals surface area (Å²) >= 11 is 3.80. The summed E-state index contributed by atoms with van der Waals surface area (Å²) in [5.74, 6) is 0. The van der Waals surface area contributed by atoms with Crippen LogP contribution in [0.5, 0.6) is 0 Å². The fourth-order valence-corrected chi connectivity index (χ4v) is 1.75. The molecule has 2 rings (SSSR count). The molecule has 10 heavy (non-hydrogen) atoms. The molecule has 0 unspecified atom stereocenters. The van der Waals surface area contributed by atoms with Crippen LogP contribution in [0.4, 0.5) is 0 Å². The van der Waals surface area contributed by atoms with Crippen molar-refractivity contribution in [3.05, 3.63) is 21.3 Å². The van der Waals surface area contributed by atoms with Crippen molar-refractivity contribution in [3.8, 4) is 0 Å². The Morgan fingerprint density at radius 2 is 2.30 bits per heavy atom. The molecule has 2 heterocycles. The molecule has 0 aliphatic heterocycles. The van der Waals surface area contributed by atoms with Crippen molar-refractivity contribution in [2.75, 3.05) is 0 Å². The minimum atomic E-state index is 0.858. The molecule has 2 aromatic heterocycles. The van der Waals surface area contributed by atoms with Crippen molar-refractivity contribution in [1.82, 2.24) is 9.97 Å². The standard InChI is InChI=1S/C6H3IN2S/c7-5-2-1-4-6(9-5)8-3-10-4/h1-3H. The van der Waals surface area contributed by atoms with E-state index in [0.29, 0.717) is 0 Å². The summed E-state index contributed by atoms with van der Waals surface area (Å²) in [5.41, 5.74) is 2.67. The average molecular weight is 262 g/mol. The van der Waals surface area contributed by atoms with Gasteiger partial charge in [0.25, 0.3) is 0 Å². The lowest BCUT2D eigenvalue weighted by molar-refractivity contribution is 1.29. The number of fused-ring (bicyclic) bond motifs is 1. The van der Waals surface area contributed by atoms with Gasteiger partial charge in [-0.25, -0.2) is 9.97 Å². The molecule has 0 aliphatic rings. The molecule has 0 N–H and O–H groups in total. The maximum atomic E-state index is 4.22. The molecule has 2 nitrogen and oxygen atoms in total. The van der Waals surface area contributed by atoms with Crippen LogP contribution in [0.1, 0.15) is 0 Å². The van der Waals surface area contributed by atoms with Gasteiger partial charge in [0.05, 0.1) is 10.2 Å². The van der Waals surface area contributed by atoms with Gasteiger partial charge in [-0.2, -0.15) is 0 Å². The van der Waals surface area contributed by atoms with Crippen molar-refractivity contribution in [2.45, 2.75) is 0 Å². The lowest BCUT2D eigenvalue weighted by Gasteiger charge is -1.86. The summed E-state index contributed by atoms with van der Waals surface area (Å²) in [6.07, 6.45) is 0. The Labute approximate surface area is 75.5 Å². The van der Waals surface area contributed by atoms with Crippen LogP contribution in [0.3, 0.4) is 0 Å². The van der Waals surface area contributed by atoms with Gasteiger partial charge in [0.15, 0.2) is 5.65 Å². The van der Waals surface area contributed by atoms with Crippen molar-refractivity contribution in [2.24, 2.45) is 0 Å². The first kappa shape index (κ1) is 6.48. The molecule has 0 bridgehead atoms. The molecular formula is C6H3IN2S. The van der Waals surface area contributed by atoms with Crippen LogP contribution < -0.4 is 0 Å². The fourth-order valence-electron chi connectivity index (χ4n) is 0.730. The Kier molecular flexibility index (Phi) is 1.57. The highest BCUT2D eigenvalue weighted by Crippen LogP contribution is 2.15. The van der Waals surface area contributed by atoms with Gasteiger partial charge < -0.3 is 0 Å². The number of pyridine rings is 1. The first-order valence-corrected chi connectivity index (χ1v) is 4.68. The van der Waals surface area contributed by atoms with E-state index in [1.807, 2.05) is 17.6 Å². The van der Waals surface area contributed by atoms with Gasteiger partial charge in [-0.05, 0) is 34.7 Å². The minimum Gasteiger partial charge on any atom is -0.225 e. The van der Waals surface area contributed by atoms with Gasteiger partial charge in [0.1, 0.15) is 3.70 Å². The SMILES string of the molecule is Ic1ccc2scnc2n1. The van der Waals surface area contributed by atoms with Crippen LogP contribution in [0, 0.1) is 3.70 Å².